The second kappa shape index (κ2) is 3.51. The van der Waals surface area contributed by atoms with E-state index >= 15 is 0 Å². The molecule has 1 aromatic carbocycles. The molecule has 13 heavy (non-hydrogen) atoms. The molecular formula is C11H12N2. The van der Waals surface area contributed by atoms with Gasteiger partial charge in [-0.05, 0) is 18.2 Å². The minimum absolute atomic E-state index is 0.563. The van der Waals surface area contributed by atoms with E-state index in [2.05, 4.69) is 16.6 Å². The standard InChI is InChI=1S/C11H12N2/c1-2-9-4-3-5-10(6-9)13-11-7-12-8-11/h1,3-6,11-13H,7-8H2. The molecule has 2 N–H and O–H groups in total. The molecule has 2 heteroatoms. The lowest BCUT2D eigenvalue weighted by atomic mass is 10.1. The predicted octanol–water partition coefficient (Wildman–Crippen LogP) is 1.05. The molecule has 0 atom stereocenters. The lowest BCUT2D eigenvalue weighted by Gasteiger charge is -2.29. The van der Waals surface area contributed by atoms with Crippen LogP contribution < -0.4 is 10.6 Å². The van der Waals surface area contributed by atoms with Crippen molar-refractivity contribution in [2.24, 2.45) is 0 Å². The first-order valence-electron chi connectivity index (χ1n) is 4.42. The highest BCUT2D eigenvalue weighted by Crippen LogP contribution is 2.12. The zero-order valence-corrected chi connectivity index (χ0v) is 7.38. The zero-order chi connectivity index (χ0) is 9.10. The Labute approximate surface area is 78.3 Å². The van der Waals surface area contributed by atoms with Crippen molar-refractivity contribution in [3.05, 3.63) is 29.8 Å². The molecular weight excluding hydrogens is 160 g/mol. The van der Waals surface area contributed by atoms with E-state index in [0.29, 0.717) is 6.04 Å². The smallest absolute Gasteiger partial charge is 0.0510 e. The van der Waals surface area contributed by atoms with E-state index in [1.807, 2.05) is 24.3 Å². The SMILES string of the molecule is C#Cc1cccc(NC2CNC2)c1. The number of anilines is 1. The highest BCUT2D eigenvalue weighted by molar-refractivity contribution is 5.50. The van der Waals surface area contributed by atoms with Crippen molar-refractivity contribution >= 4 is 5.69 Å². The summed E-state index contributed by atoms with van der Waals surface area (Å²) in [5.74, 6) is 2.62. The van der Waals surface area contributed by atoms with Crippen molar-refractivity contribution in [3.8, 4) is 12.3 Å². The third-order valence-corrected chi connectivity index (χ3v) is 2.18. The van der Waals surface area contributed by atoms with E-state index in [1.54, 1.807) is 0 Å². The van der Waals surface area contributed by atoms with Crippen molar-refractivity contribution in [1.29, 1.82) is 0 Å². The van der Waals surface area contributed by atoms with Crippen LogP contribution in [-0.2, 0) is 0 Å². The van der Waals surface area contributed by atoms with Crippen LogP contribution in [-0.4, -0.2) is 19.1 Å². The van der Waals surface area contributed by atoms with Gasteiger partial charge in [0.2, 0.25) is 0 Å². The second-order valence-corrected chi connectivity index (χ2v) is 3.22. The average Bonchev–Trinajstić information content (AvgIpc) is 2.12. The number of terminal acetylenes is 1. The monoisotopic (exact) mass is 172 g/mol. The van der Waals surface area contributed by atoms with Crippen LogP contribution in [0.4, 0.5) is 5.69 Å². The summed E-state index contributed by atoms with van der Waals surface area (Å²) in [6.45, 7) is 2.08. The van der Waals surface area contributed by atoms with E-state index in [1.165, 1.54) is 0 Å². The van der Waals surface area contributed by atoms with Gasteiger partial charge in [-0.3, -0.25) is 0 Å². The van der Waals surface area contributed by atoms with Gasteiger partial charge in [-0.2, -0.15) is 0 Å². The Morgan fingerprint density at radius 1 is 1.46 bits per heavy atom. The average molecular weight is 172 g/mol. The molecule has 0 radical (unpaired) electrons. The fourth-order valence-corrected chi connectivity index (χ4v) is 1.33. The third-order valence-electron chi connectivity index (χ3n) is 2.18. The van der Waals surface area contributed by atoms with Crippen LogP contribution in [0.25, 0.3) is 0 Å². The van der Waals surface area contributed by atoms with E-state index < -0.39 is 0 Å². The summed E-state index contributed by atoms with van der Waals surface area (Å²) < 4.78 is 0. The molecule has 0 amide bonds. The number of hydrogen-bond acceptors (Lipinski definition) is 2. The largest absolute Gasteiger partial charge is 0.380 e. The predicted molar refractivity (Wildman–Crippen MR) is 54.7 cm³/mol. The minimum atomic E-state index is 0.563. The summed E-state index contributed by atoms with van der Waals surface area (Å²) in [6, 6.07) is 8.51. The van der Waals surface area contributed by atoms with E-state index in [4.69, 9.17) is 6.42 Å². The van der Waals surface area contributed by atoms with Crippen LogP contribution in [0.3, 0.4) is 0 Å². The summed E-state index contributed by atoms with van der Waals surface area (Å²) in [5, 5.41) is 6.60. The Bertz CT molecular complexity index is 334. The Morgan fingerprint density at radius 2 is 2.31 bits per heavy atom. The van der Waals surface area contributed by atoms with Crippen molar-refractivity contribution in [2.75, 3.05) is 18.4 Å². The normalized spacial score (nSPS) is 15.9. The first kappa shape index (κ1) is 8.15. The number of rotatable bonds is 2. The van der Waals surface area contributed by atoms with Crippen LogP contribution in [0, 0.1) is 12.3 Å². The van der Waals surface area contributed by atoms with Crippen LogP contribution in [0.15, 0.2) is 24.3 Å². The molecule has 1 aliphatic rings. The quantitative estimate of drug-likeness (QED) is 0.652. The number of hydrogen-bond donors (Lipinski definition) is 2. The Hall–Kier alpha value is -1.46. The maximum atomic E-state index is 5.31. The molecule has 1 saturated heterocycles. The van der Waals surface area contributed by atoms with Crippen LogP contribution >= 0.6 is 0 Å². The Kier molecular flexibility index (Phi) is 2.20. The summed E-state index contributed by atoms with van der Waals surface area (Å²) in [5.41, 5.74) is 2.04. The van der Waals surface area contributed by atoms with E-state index in [-0.39, 0.29) is 0 Å². The maximum Gasteiger partial charge on any atom is 0.0510 e. The van der Waals surface area contributed by atoms with E-state index in [9.17, 15) is 0 Å². The Morgan fingerprint density at radius 3 is 2.92 bits per heavy atom. The van der Waals surface area contributed by atoms with Crippen LogP contribution in [0.5, 0.6) is 0 Å². The molecule has 0 aliphatic carbocycles. The molecule has 0 spiro atoms. The van der Waals surface area contributed by atoms with Gasteiger partial charge in [0.25, 0.3) is 0 Å². The van der Waals surface area contributed by atoms with Gasteiger partial charge in [0, 0.05) is 24.3 Å². The lowest BCUT2D eigenvalue weighted by molar-refractivity contribution is 0.472. The highest BCUT2D eigenvalue weighted by atomic mass is 15.1. The number of benzene rings is 1. The van der Waals surface area contributed by atoms with Gasteiger partial charge in [0.1, 0.15) is 0 Å². The maximum absolute atomic E-state index is 5.31. The molecule has 1 fully saturated rings. The van der Waals surface area contributed by atoms with Crippen molar-refractivity contribution in [1.82, 2.24) is 5.32 Å². The third kappa shape index (κ3) is 1.82. The highest BCUT2D eigenvalue weighted by Gasteiger charge is 2.15. The molecule has 2 nitrogen and oxygen atoms in total. The summed E-state index contributed by atoms with van der Waals surface area (Å²) >= 11 is 0. The van der Waals surface area contributed by atoms with Gasteiger partial charge >= 0.3 is 0 Å². The first-order valence-corrected chi connectivity index (χ1v) is 4.42. The van der Waals surface area contributed by atoms with Crippen molar-refractivity contribution in [3.63, 3.8) is 0 Å². The number of nitrogens with one attached hydrogen (secondary N) is 2. The minimum Gasteiger partial charge on any atom is -0.380 e. The molecule has 0 saturated carbocycles. The lowest BCUT2D eigenvalue weighted by Crippen LogP contribution is -2.51. The zero-order valence-electron chi connectivity index (χ0n) is 7.38. The molecule has 0 unspecified atom stereocenters. The summed E-state index contributed by atoms with van der Waals surface area (Å²) in [4.78, 5) is 0. The van der Waals surface area contributed by atoms with Crippen LogP contribution in [0.2, 0.25) is 0 Å². The Balaban J connectivity index is 2.07. The van der Waals surface area contributed by atoms with Crippen molar-refractivity contribution in [2.45, 2.75) is 6.04 Å². The fourth-order valence-electron chi connectivity index (χ4n) is 1.33. The van der Waals surface area contributed by atoms with Crippen LogP contribution in [0.1, 0.15) is 5.56 Å². The van der Waals surface area contributed by atoms with E-state index in [0.717, 1.165) is 24.3 Å². The molecule has 0 aromatic heterocycles. The summed E-state index contributed by atoms with van der Waals surface area (Å²) in [7, 11) is 0. The molecule has 66 valence electrons. The van der Waals surface area contributed by atoms with Gasteiger partial charge in [-0.1, -0.05) is 12.0 Å². The molecule has 2 rings (SSSR count). The second-order valence-electron chi connectivity index (χ2n) is 3.22. The topological polar surface area (TPSA) is 24.1 Å². The summed E-state index contributed by atoms with van der Waals surface area (Å²) in [6.07, 6.45) is 5.31. The van der Waals surface area contributed by atoms with Gasteiger partial charge in [-0.15, -0.1) is 6.42 Å². The molecule has 1 heterocycles. The van der Waals surface area contributed by atoms with Gasteiger partial charge in [-0.25, -0.2) is 0 Å². The molecule has 0 bridgehead atoms. The fraction of sp³-hybridized carbons (Fsp3) is 0.273. The van der Waals surface area contributed by atoms with Gasteiger partial charge < -0.3 is 10.6 Å². The van der Waals surface area contributed by atoms with Gasteiger partial charge in [0.15, 0.2) is 0 Å². The van der Waals surface area contributed by atoms with Crippen molar-refractivity contribution < 1.29 is 0 Å². The molecule has 1 aromatic rings. The first-order chi connectivity index (χ1) is 6.38. The molecule has 1 aliphatic heterocycles. The van der Waals surface area contributed by atoms with Gasteiger partial charge in [0.05, 0.1) is 6.04 Å².